The summed E-state index contributed by atoms with van der Waals surface area (Å²) in [5.74, 6) is 0.368. The maximum atomic E-state index is 13.1. The maximum Gasteiger partial charge on any atom is 0.160 e. The second kappa shape index (κ2) is 9.75. The molecule has 0 bridgehead atoms. The number of rotatable bonds is 8. The van der Waals surface area contributed by atoms with Crippen molar-refractivity contribution in [2.45, 2.75) is 83.3 Å². The molecule has 2 fully saturated rings. The van der Waals surface area contributed by atoms with Gasteiger partial charge < -0.3 is 14.2 Å². The van der Waals surface area contributed by atoms with E-state index in [2.05, 4.69) is 6.92 Å². The molecule has 0 unspecified atom stereocenters. The predicted molar refractivity (Wildman–Crippen MR) is 81.0 cm³/mol. The van der Waals surface area contributed by atoms with E-state index in [1.165, 1.54) is 25.7 Å². The lowest BCUT2D eigenvalue weighted by atomic mass is 9.87. The minimum absolute atomic E-state index is 0.0740. The maximum absolute atomic E-state index is 13.1. The van der Waals surface area contributed by atoms with Crippen molar-refractivity contribution in [3.63, 3.8) is 0 Å². The number of unbranched alkanes of at least 4 members (excludes halogenated alkanes) is 4. The van der Waals surface area contributed by atoms with Gasteiger partial charge in [-0.1, -0.05) is 32.6 Å². The highest BCUT2D eigenvalue weighted by Gasteiger charge is 2.32. The fourth-order valence-electron chi connectivity index (χ4n) is 3.18. The molecule has 1 saturated heterocycles. The van der Waals surface area contributed by atoms with E-state index in [-0.39, 0.29) is 12.4 Å². The first kappa shape index (κ1) is 17.2. The zero-order valence-corrected chi connectivity index (χ0v) is 13.4. The standard InChI is InChI=1S/C17H31FO3/c1-2-3-4-5-6-11-19-16-12-20-17(21-13-16)14-7-9-15(18)10-8-14/h14-17H,2-13H2,1H3. The SMILES string of the molecule is CCCCCCCOC1COC(C2CCC(F)CC2)OC1. The number of hydrogen-bond acceptors (Lipinski definition) is 3. The van der Waals surface area contributed by atoms with Gasteiger partial charge in [0.1, 0.15) is 12.3 Å². The molecule has 1 heterocycles. The van der Waals surface area contributed by atoms with E-state index >= 15 is 0 Å². The van der Waals surface area contributed by atoms with Gasteiger partial charge in [-0.3, -0.25) is 0 Å². The van der Waals surface area contributed by atoms with E-state index in [0.717, 1.165) is 25.9 Å². The lowest BCUT2D eigenvalue weighted by Crippen LogP contribution is -2.42. The fourth-order valence-corrected chi connectivity index (χ4v) is 3.18. The van der Waals surface area contributed by atoms with Crippen molar-refractivity contribution in [3.8, 4) is 0 Å². The Kier molecular flexibility index (Phi) is 7.97. The van der Waals surface area contributed by atoms with E-state index in [9.17, 15) is 4.39 Å². The first-order valence-electron chi connectivity index (χ1n) is 8.78. The molecule has 21 heavy (non-hydrogen) atoms. The van der Waals surface area contributed by atoms with E-state index in [4.69, 9.17) is 14.2 Å². The minimum atomic E-state index is -0.617. The molecule has 0 atom stereocenters. The van der Waals surface area contributed by atoms with Crippen LogP contribution in [0.1, 0.15) is 64.7 Å². The van der Waals surface area contributed by atoms with Crippen LogP contribution in [0.25, 0.3) is 0 Å². The fraction of sp³-hybridized carbons (Fsp3) is 1.00. The van der Waals surface area contributed by atoms with Crippen molar-refractivity contribution >= 4 is 0 Å². The topological polar surface area (TPSA) is 27.7 Å². The van der Waals surface area contributed by atoms with Gasteiger partial charge in [0.25, 0.3) is 0 Å². The van der Waals surface area contributed by atoms with Gasteiger partial charge >= 0.3 is 0 Å². The minimum Gasteiger partial charge on any atom is -0.373 e. The van der Waals surface area contributed by atoms with Crippen molar-refractivity contribution in [1.29, 1.82) is 0 Å². The van der Waals surface area contributed by atoms with Crippen LogP contribution in [-0.4, -0.2) is 38.4 Å². The highest BCUT2D eigenvalue weighted by atomic mass is 19.1. The Hall–Kier alpha value is -0.190. The third-order valence-electron chi connectivity index (χ3n) is 4.58. The summed E-state index contributed by atoms with van der Waals surface area (Å²) in [6, 6.07) is 0. The third-order valence-corrected chi connectivity index (χ3v) is 4.58. The van der Waals surface area contributed by atoms with Crippen LogP contribution < -0.4 is 0 Å². The molecule has 1 saturated carbocycles. The monoisotopic (exact) mass is 302 g/mol. The molecule has 2 aliphatic rings. The Labute approximate surface area is 128 Å². The highest BCUT2D eigenvalue weighted by molar-refractivity contribution is 4.76. The molecule has 1 aliphatic carbocycles. The highest BCUT2D eigenvalue weighted by Crippen LogP contribution is 2.31. The van der Waals surface area contributed by atoms with E-state index in [1.54, 1.807) is 0 Å². The van der Waals surface area contributed by atoms with Crippen LogP contribution >= 0.6 is 0 Å². The summed E-state index contributed by atoms with van der Waals surface area (Å²) < 4.78 is 30.5. The van der Waals surface area contributed by atoms with Crippen molar-refractivity contribution in [3.05, 3.63) is 0 Å². The van der Waals surface area contributed by atoms with Crippen molar-refractivity contribution in [2.24, 2.45) is 5.92 Å². The van der Waals surface area contributed by atoms with Gasteiger partial charge in [-0.25, -0.2) is 4.39 Å². The lowest BCUT2D eigenvalue weighted by molar-refractivity contribution is -0.249. The molecular weight excluding hydrogens is 271 g/mol. The van der Waals surface area contributed by atoms with Crippen LogP contribution in [0.4, 0.5) is 4.39 Å². The number of alkyl halides is 1. The van der Waals surface area contributed by atoms with E-state index in [0.29, 0.717) is 32.0 Å². The van der Waals surface area contributed by atoms with Gasteiger partial charge in [0.2, 0.25) is 0 Å². The van der Waals surface area contributed by atoms with Crippen LogP contribution in [0.3, 0.4) is 0 Å². The Morgan fingerprint density at radius 2 is 1.62 bits per heavy atom. The van der Waals surface area contributed by atoms with Crippen LogP contribution in [0.5, 0.6) is 0 Å². The molecule has 0 radical (unpaired) electrons. The zero-order chi connectivity index (χ0) is 14.9. The molecule has 0 spiro atoms. The van der Waals surface area contributed by atoms with Crippen molar-refractivity contribution in [2.75, 3.05) is 19.8 Å². The third kappa shape index (κ3) is 6.21. The molecule has 2 rings (SSSR count). The van der Waals surface area contributed by atoms with Crippen molar-refractivity contribution < 1.29 is 18.6 Å². The molecule has 124 valence electrons. The average Bonchev–Trinajstić information content (AvgIpc) is 2.52. The Morgan fingerprint density at radius 3 is 2.29 bits per heavy atom. The molecule has 3 nitrogen and oxygen atoms in total. The summed E-state index contributed by atoms with van der Waals surface area (Å²) in [5.41, 5.74) is 0. The average molecular weight is 302 g/mol. The molecule has 0 aromatic carbocycles. The molecule has 0 aromatic heterocycles. The molecule has 0 amide bonds. The van der Waals surface area contributed by atoms with Gasteiger partial charge in [-0.15, -0.1) is 0 Å². The van der Waals surface area contributed by atoms with Gasteiger partial charge in [0.05, 0.1) is 13.2 Å². The zero-order valence-electron chi connectivity index (χ0n) is 13.4. The summed E-state index contributed by atoms with van der Waals surface area (Å²) in [4.78, 5) is 0. The Bertz CT molecular complexity index is 259. The van der Waals surface area contributed by atoms with E-state index in [1.807, 2.05) is 0 Å². The summed E-state index contributed by atoms with van der Waals surface area (Å²) in [5, 5.41) is 0. The number of hydrogen-bond donors (Lipinski definition) is 0. The quantitative estimate of drug-likeness (QED) is 0.628. The second-order valence-electron chi connectivity index (χ2n) is 6.45. The summed E-state index contributed by atoms with van der Waals surface area (Å²) in [7, 11) is 0. The first-order chi connectivity index (χ1) is 10.3. The summed E-state index contributed by atoms with van der Waals surface area (Å²) >= 11 is 0. The van der Waals surface area contributed by atoms with Crippen LogP contribution in [0.2, 0.25) is 0 Å². The van der Waals surface area contributed by atoms with Crippen LogP contribution in [-0.2, 0) is 14.2 Å². The largest absolute Gasteiger partial charge is 0.373 e. The Morgan fingerprint density at radius 1 is 0.952 bits per heavy atom. The van der Waals surface area contributed by atoms with Gasteiger partial charge in [0, 0.05) is 12.5 Å². The van der Waals surface area contributed by atoms with Crippen molar-refractivity contribution in [1.82, 2.24) is 0 Å². The summed E-state index contributed by atoms with van der Waals surface area (Å²) in [6.07, 6.45) is 8.67. The molecular formula is C17H31FO3. The van der Waals surface area contributed by atoms with Gasteiger partial charge in [-0.2, -0.15) is 0 Å². The van der Waals surface area contributed by atoms with Crippen LogP contribution in [0, 0.1) is 5.92 Å². The number of halogens is 1. The number of ether oxygens (including phenoxy) is 3. The summed E-state index contributed by atoms with van der Waals surface area (Å²) in [6.45, 7) is 4.27. The molecule has 0 N–H and O–H groups in total. The predicted octanol–water partition coefficient (Wildman–Crippen LogP) is 4.24. The van der Waals surface area contributed by atoms with Gasteiger partial charge in [0.15, 0.2) is 6.29 Å². The lowest BCUT2D eigenvalue weighted by Gasteiger charge is -2.36. The van der Waals surface area contributed by atoms with E-state index < -0.39 is 6.17 Å². The smallest absolute Gasteiger partial charge is 0.160 e. The first-order valence-corrected chi connectivity index (χ1v) is 8.78. The van der Waals surface area contributed by atoms with Crippen LogP contribution in [0.15, 0.2) is 0 Å². The second-order valence-corrected chi connectivity index (χ2v) is 6.45. The normalized spacial score (nSPS) is 34.0. The molecule has 1 aliphatic heterocycles. The molecule has 4 heteroatoms. The van der Waals surface area contributed by atoms with Gasteiger partial charge in [-0.05, 0) is 32.1 Å². The molecule has 0 aromatic rings. The Balaban J connectivity index is 1.52.